The van der Waals surface area contributed by atoms with Crippen LogP contribution in [-0.2, 0) is 4.79 Å². The van der Waals surface area contributed by atoms with Gasteiger partial charge in [0.15, 0.2) is 0 Å². The summed E-state index contributed by atoms with van der Waals surface area (Å²) in [4.78, 5) is 13.9. The van der Waals surface area contributed by atoms with Crippen LogP contribution in [0.25, 0.3) is 0 Å². The molecule has 1 amide bonds. The molecule has 3 nitrogen and oxygen atoms in total. The number of amides is 1. The number of rotatable bonds is 5. The number of hydrogen-bond donors (Lipinski definition) is 1. The Morgan fingerprint density at radius 3 is 2.70 bits per heavy atom. The van der Waals surface area contributed by atoms with Crippen LogP contribution in [0.4, 0.5) is 10.1 Å². The van der Waals surface area contributed by atoms with Crippen molar-refractivity contribution in [3.8, 4) is 0 Å². The van der Waals surface area contributed by atoms with Gasteiger partial charge in [-0.25, -0.2) is 4.39 Å². The zero-order valence-corrected chi connectivity index (χ0v) is 12.1. The molecule has 0 radical (unpaired) electrons. The van der Waals surface area contributed by atoms with E-state index < -0.39 is 0 Å². The molecule has 1 saturated heterocycles. The Bertz CT molecular complexity index is 444. The molecule has 0 unspecified atom stereocenters. The molecule has 1 aliphatic rings. The van der Waals surface area contributed by atoms with E-state index in [4.69, 9.17) is 0 Å². The van der Waals surface area contributed by atoms with E-state index in [1.807, 2.05) is 6.92 Å². The second kappa shape index (κ2) is 7.39. The predicted molar refractivity (Wildman–Crippen MR) is 79.3 cm³/mol. The molecular weight excluding hydrogens is 255 g/mol. The second-order valence-corrected chi connectivity index (χ2v) is 5.32. The Morgan fingerprint density at radius 2 is 2.05 bits per heavy atom. The third-order valence-corrected chi connectivity index (χ3v) is 3.99. The number of halogens is 1. The lowest BCUT2D eigenvalue weighted by molar-refractivity contribution is -0.118. The lowest BCUT2D eigenvalue weighted by Gasteiger charge is -2.25. The summed E-state index contributed by atoms with van der Waals surface area (Å²) in [5.41, 5.74) is 0.394. The van der Waals surface area contributed by atoms with E-state index in [0.29, 0.717) is 24.6 Å². The maximum Gasteiger partial charge on any atom is 0.227 e. The van der Waals surface area contributed by atoms with E-state index in [1.165, 1.54) is 6.07 Å². The average Bonchev–Trinajstić information content (AvgIpc) is 2.49. The van der Waals surface area contributed by atoms with Gasteiger partial charge in [0.25, 0.3) is 0 Å². The van der Waals surface area contributed by atoms with Crippen molar-refractivity contribution < 1.29 is 9.18 Å². The monoisotopic (exact) mass is 278 g/mol. The highest BCUT2D eigenvalue weighted by Crippen LogP contribution is 2.22. The molecule has 0 spiro atoms. The van der Waals surface area contributed by atoms with E-state index in [2.05, 4.69) is 5.32 Å². The number of carbonyl (C=O) groups is 1. The summed E-state index contributed by atoms with van der Waals surface area (Å²) in [5, 5.41) is 3.32. The molecular formula is C16H23FN2O. The van der Waals surface area contributed by atoms with Crippen LogP contribution in [0.15, 0.2) is 24.3 Å². The van der Waals surface area contributed by atoms with Crippen LogP contribution in [0.3, 0.4) is 0 Å². The van der Waals surface area contributed by atoms with Crippen molar-refractivity contribution in [3.63, 3.8) is 0 Å². The van der Waals surface area contributed by atoms with Gasteiger partial charge in [0.05, 0.1) is 5.69 Å². The fraction of sp³-hybridized carbons (Fsp3) is 0.562. The maximum atomic E-state index is 13.8. The first-order valence-corrected chi connectivity index (χ1v) is 7.48. The number of piperidine rings is 1. The number of nitrogens with one attached hydrogen (secondary N) is 1. The van der Waals surface area contributed by atoms with Crippen molar-refractivity contribution in [2.24, 2.45) is 5.92 Å². The smallest absolute Gasteiger partial charge is 0.227 e. The largest absolute Gasteiger partial charge is 0.317 e. The number of anilines is 1. The van der Waals surface area contributed by atoms with Gasteiger partial charge in [0, 0.05) is 13.0 Å². The van der Waals surface area contributed by atoms with Crippen molar-refractivity contribution in [1.82, 2.24) is 5.32 Å². The van der Waals surface area contributed by atoms with Gasteiger partial charge < -0.3 is 10.2 Å². The molecule has 1 aromatic rings. The molecule has 2 rings (SSSR count). The zero-order chi connectivity index (χ0) is 14.4. The summed E-state index contributed by atoms with van der Waals surface area (Å²) in [5.74, 6) is 0.320. The molecule has 0 bridgehead atoms. The molecule has 0 aromatic heterocycles. The predicted octanol–water partition coefficient (Wildman–Crippen LogP) is 2.96. The third-order valence-electron chi connectivity index (χ3n) is 3.99. The van der Waals surface area contributed by atoms with Gasteiger partial charge in [-0.15, -0.1) is 0 Å². The second-order valence-electron chi connectivity index (χ2n) is 5.32. The van der Waals surface area contributed by atoms with Gasteiger partial charge in [-0.05, 0) is 57.3 Å². The van der Waals surface area contributed by atoms with Crippen LogP contribution < -0.4 is 10.2 Å². The van der Waals surface area contributed by atoms with E-state index in [1.54, 1.807) is 23.1 Å². The number of nitrogens with zero attached hydrogens (tertiary/aromatic N) is 1. The number of benzene rings is 1. The minimum atomic E-state index is -0.329. The highest BCUT2D eigenvalue weighted by molar-refractivity contribution is 5.93. The first-order chi connectivity index (χ1) is 9.72. The van der Waals surface area contributed by atoms with Crippen LogP contribution in [0.5, 0.6) is 0 Å². The molecule has 110 valence electrons. The van der Waals surface area contributed by atoms with Crippen molar-refractivity contribution >= 4 is 11.6 Å². The van der Waals surface area contributed by atoms with Crippen LogP contribution in [0.2, 0.25) is 0 Å². The first kappa shape index (κ1) is 15.0. The fourth-order valence-electron chi connectivity index (χ4n) is 2.78. The summed E-state index contributed by atoms with van der Waals surface area (Å²) < 4.78 is 13.8. The van der Waals surface area contributed by atoms with Gasteiger partial charge in [-0.2, -0.15) is 0 Å². The van der Waals surface area contributed by atoms with E-state index >= 15 is 0 Å². The molecule has 4 heteroatoms. The van der Waals surface area contributed by atoms with E-state index in [9.17, 15) is 9.18 Å². The minimum Gasteiger partial charge on any atom is -0.317 e. The molecule has 1 heterocycles. The van der Waals surface area contributed by atoms with E-state index in [0.717, 1.165) is 32.4 Å². The molecule has 1 aromatic carbocycles. The normalized spacial score (nSPS) is 16.1. The Morgan fingerprint density at radius 1 is 1.35 bits per heavy atom. The molecule has 0 saturated carbocycles. The Balaban J connectivity index is 1.93. The van der Waals surface area contributed by atoms with Crippen molar-refractivity contribution in [2.45, 2.75) is 32.6 Å². The fourth-order valence-corrected chi connectivity index (χ4v) is 2.78. The van der Waals surface area contributed by atoms with Crippen LogP contribution >= 0.6 is 0 Å². The van der Waals surface area contributed by atoms with Crippen molar-refractivity contribution in [1.29, 1.82) is 0 Å². The minimum absolute atomic E-state index is 0.0242. The quantitative estimate of drug-likeness (QED) is 0.898. The standard InChI is InChI=1S/C16H23FN2O/c1-2-19(15-6-4-3-5-14(15)17)16(20)8-7-13-9-11-18-12-10-13/h3-6,13,18H,2,7-12H2,1H3. The number of hydrogen-bond acceptors (Lipinski definition) is 2. The van der Waals surface area contributed by atoms with Gasteiger partial charge in [-0.3, -0.25) is 4.79 Å². The third kappa shape index (κ3) is 3.79. The molecule has 0 atom stereocenters. The molecule has 1 N–H and O–H groups in total. The molecule has 1 aliphatic heterocycles. The summed E-state index contributed by atoms with van der Waals surface area (Å²) in [6.45, 7) is 4.48. The Labute approximate surface area is 120 Å². The Kier molecular flexibility index (Phi) is 5.53. The maximum absolute atomic E-state index is 13.8. The number of carbonyl (C=O) groups excluding carboxylic acids is 1. The summed E-state index contributed by atoms with van der Waals surface area (Å²) in [6.07, 6.45) is 3.69. The van der Waals surface area contributed by atoms with Crippen LogP contribution in [-0.4, -0.2) is 25.5 Å². The lowest BCUT2D eigenvalue weighted by Crippen LogP contribution is -2.33. The summed E-state index contributed by atoms with van der Waals surface area (Å²) in [6, 6.07) is 6.48. The van der Waals surface area contributed by atoms with Gasteiger partial charge in [-0.1, -0.05) is 12.1 Å². The zero-order valence-electron chi connectivity index (χ0n) is 12.1. The van der Waals surface area contributed by atoms with E-state index in [-0.39, 0.29) is 11.7 Å². The number of para-hydroxylation sites is 1. The topological polar surface area (TPSA) is 32.3 Å². The van der Waals surface area contributed by atoms with Crippen LogP contribution in [0, 0.1) is 11.7 Å². The van der Waals surface area contributed by atoms with Gasteiger partial charge in [0.1, 0.15) is 5.82 Å². The van der Waals surface area contributed by atoms with Crippen molar-refractivity contribution in [3.05, 3.63) is 30.1 Å². The van der Waals surface area contributed by atoms with Gasteiger partial charge >= 0.3 is 0 Å². The van der Waals surface area contributed by atoms with Crippen LogP contribution in [0.1, 0.15) is 32.6 Å². The Hall–Kier alpha value is -1.42. The summed E-state index contributed by atoms with van der Waals surface area (Å²) in [7, 11) is 0. The molecule has 20 heavy (non-hydrogen) atoms. The molecule has 0 aliphatic carbocycles. The molecule has 1 fully saturated rings. The van der Waals surface area contributed by atoms with Crippen molar-refractivity contribution in [2.75, 3.05) is 24.5 Å². The lowest BCUT2D eigenvalue weighted by atomic mass is 9.93. The SMILES string of the molecule is CCN(C(=O)CCC1CCNCC1)c1ccccc1F. The highest BCUT2D eigenvalue weighted by Gasteiger charge is 2.19. The first-order valence-electron chi connectivity index (χ1n) is 7.48. The highest BCUT2D eigenvalue weighted by atomic mass is 19.1. The summed E-state index contributed by atoms with van der Waals surface area (Å²) >= 11 is 0. The average molecular weight is 278 g/mol. The van der Waals surface area contributed by atoms with Gasteiger partial charge in [0.2, 0.25) is 5.91 Å².